The van der Waals surface area contributed by atoms with Gasteiger partial charge in [0.15, 0.2) is 5.15 Å². The van der Waals surface area contributed by atoms with E-state index >= 15 is 0 Å². The number of benzene rings is 2. The predicted octanol–water partition coefficient (Wildman–Crippen LogP) is 3.83. The summed E-state index contributed by atoms with van der Waals surface area (Å²) in [6, 6.07) is 16.3. The van der Waals surface area contributed by atoms with Crippen molar-refractivity contribution in [1.82, 2.24) is 30.2 Å². The van der Waals surface area contributed by atoms with Crippen molar-refractivity contribution in [1.29, 1.82) is 0 Å². The summed E-state index contributed by atoms with van der Waals surface area (Å²) in [5.74, 6) is 1.48. The number of hydrogen-bond donors (Lipinski definition) is 2. The number of H-pyrrole nitrogens is 1. The molecule has 0 aliphatic heterocycles. The summed E-state index contributed by atoms with van der Waals surface area (Å²) in [6.07, 6.45) is 2.95. The van der Waals surface area contributed by atoms with Crippen LogP contribution in [0.5, 0.6) is 0 Å². The van der Waals surface area contributed by atoms with E-state index in [0.29, 0.717) is 29.8 Å². The van der Waals surface area contributed by atoms with Gasteiger partial charge in [-0.1, -0.05) is 73.5 Å². The van der Waals surface area contributed by atoms with Crippen molar-refractivity contribution >= 4 is 11.6 Å². The van der Waals surface area contributed by atoms with E-state index in [-0.39, 0.29) is 39.3 Å². The van der Waals surface area contributed by atoms with E-state index in [4.69, 9.17) is 11.6 Å². The van der Waals surface area contributed by atoms with Gasteiger partial charge in [0.2, 0.25) is 5.82 Å². The van der Waals surface area contributed by atoms with E-state index in [2.05, 4.69) is 66.5 Å². The van der Waals surface area contributed by atoms with E-state index in [1.54, 1.807) is 0 Å². The van der Waals surface area contributed by atoms with Gasteiger partial charge in [0.25, 0.3) is 10.2 Å². The van der Waals surface area contributed by atoms with Gasteiger partial charge in [-0.15, -0.1) is 37.0 Å². The average molecular weight is 663 g/mol. The molecule has 17 heteroatoms. The minimum atomic E-state index is -1.11. The smallest absolute Gasteiger partial charge is 0.291 e. The Morgan fingerprint density at radius 2 is 1.80 bits per heavy atom. The summed E-state index contributed by atoms with van der Waals surface area (Å²) in [7, 11) is 0. The number of halogens is 1. The number of nitrogens with one attached hydrogen (secondary N) is 1. The number of nitrogens with zero attached hydrogens (tertiary/aromatic N) is 7. The van der Waals surface area contributed by atoms with Crippen LogP contribution in [0.3, 0.4) is 0 Å². The maximum atomic E-state index is 9.77. The second-order valence-electron chi connectivity index (χ2n) is 8.11. The van der Waals surface area contributed by atoms with Crippen molar-refractivity contribution in [2.75, 3.05) is 6.61 Å². The number of unbranched alkanes of at least 4 members (excludes halogenated alkanes) is 1. The van der Waals surface area contributed by atoms with Crippen LogP contribution in [0.25, 0.3) is 22.5 Å². The Morgan fingerprint density at radius 3 is 2.39 bits per heavy atom. The third kappa shape index (κ3) is 10.1. The molecule has 215 valence electrons. The second kappa shape index (κ2) is 17.3. The van der Waals surface area contributed by atoms with E-state index in [1.807, 2.05) is 28.8 Å². The topological polar surface area (TPSA) is 197 Å². The molecule has 0 saturated carbocycles. The van der Waals surface area contributed by atoms with Crippen molar-refractivity contribution in [3.8, 4) is 22.5 Å². The average Bonchev–Trinajstić information content (AvgIpc) is 3.58. The Bertz CT molecular complexity index is 1370. The van der Waals surface area contributed by atoms with Gasteiger partial charge < -0.3 is 19.3 Å². The number of tetrazole rings is 1. The minimum absolute atomic E-state index is 0. The molecule has 1 radical (unpaired) electrons. The summed E-state index contributed by atoms with van der Waals surface area (Å²) in [4.78, 5) is 30.4. The van der Waals surface area contributed by atoms with Crippen LogP contribution in [0, 0.1) is 26.8 Å². The summed E-state index contributed by atoms with van der Waals surface area (Å²) in [5.41, 5.74) is 4.80. The van der Waals surface area contributed by atoms with Gasteiger partial charge in [-0.3, -0.25) is 0 Å². The minimum Gasteiger partial charge on any atom is -0.483 e. The van der Waals surface area contributed by atoms with E-state index in [9.17, 15) is 25.3 Å². The van der Waals surface area contributed by atoms with Crippen LogP contribution in [0.2, 0.25) is 5.15 Å². The Kier molecular flexibility index (Phi) is 14.2. The fourth-order valence-electron chi connectivity index (χ4n) is 3.73. The van der Waals surface area contributed by atoms with E-state index in [1.165, 1.54) is 0 Å². The number of aromatic amines is 1. The van der Waals surface area contributed by atoms with Crippen LogP contribution in [-0.2, 0) is 62.0 Å². The van der Waals surface area contributed by atoms with Crippen molar-refractivity contribution in [2.24, 2.45) is 0 Å². The fourth-order valence-corrected chi connectivity index (χ4v) is 3.99. The molecular formula is C24H26ClN8O7Y-. The first-order chi connectivity index (χ1) is 19.3. The first-order valence-electron chi connectivity index (χ1n) is 12.0. The normalized spacial score (nSPS) is 10.2. The van der Waals surface area contributed by atoms with Gasteiger partial charge in [-0.25, -0.2) is 4.98 Å². The maximum Gasteiger partial charge on any atom is 0.291 e. The molecular weight excluding hydrogens is 637 g/mol. The number of aliphatic hydroxyl groups is 1. The molecule has 2 aromatic heterocycles. The van der Waals surface area contributed by atoms with Crippen molar-refractivity contribution in [3.05, 3.63) is 97.6 Å². The Labute approximate surface area is 264 Å². The Balaban J connectivity index is 0.000000461. The van der Waals surface area contributed by atoms with Crippen molar-refractivity contribution in [2.45, 2.75) is 39.3 Å². The molecule has 0 amide bonds. The molecule has 2 N–H and O–H groups in total. The van der Waals surface area contributed by atoms with E-state index < -0.39 is 16.8 Å². The molecule has 15 nitrogen and oxygen atoms in total. The maximum absolute atomic E-state index is 9.77. The van der Waals surface area contributed by atoms with Gasteiger partial charge in [0.1, 0.15) is 5.82 Å². The molecule has 2 aromatic carbocycles. The Morgan fingerprint density at radius 1 is 1.10 bits per heavy atom. The number of imidazole rings is 1. The van der Waals surface area contributed by atoms with Crippen molar-refractivity contribution < 1.29 is 57.7 Å². The van der Waals surface area contributed by atoms with Crippen molar-refractivity contribution in [3.63, 3.8) is 0 Å². The molecule has 4 aromatic rings. The molecule has 41 heavy (non-hydrogen) atoms. The monoisotopic (exact) mass is 662 g/mol. The summed E-state index contributed by atoms with van der Waals surface area (Å²) < 4.78 is 2.03. The number of aryl methyl sites for hydroxylation is 1. The number of rotatable bonds is 13. The molecule has 0 aliphatic rings. The molecule has 4 rings (SSSR count). The number of hydrogen-bond acceptors (Lipinski definition) is 11. The molecule has 0 atom stereocenters. The molecule has 0 unspecified atom stereocenters. The summed E-state index contributed by atoms with van der Waals surface area (Å²) >= 11 is 6.26. The molecule has 0 bridgehead atoms. The first-order valence-corrected chi connectivity index (χ1v) is 12.4. The van der Waals surface area contributed by atoms with Gasteiger partial charge in [-0.2, -0.15) is 5.21 Å². The summed E-state index contributed by atoms with van der Waals surface area (Å²) in [5, 5.41) is 41.1. The van der Waals surface area contributed by atoms with Crippen LogP contribution >= 0.6 is 11.6 Å². The standard InChI is InChI=1S/C22H23ClN6O.C2H3N2O6.Y/c1-2-3-8-20-24-21(23)19(14-30)29(20)13-15-9-11-16(12-10-15)17-6-4-5-7-18(17)22-25-27-28-26-22;5-3(6)9-1-2-10-4(7)8;/h4-7,9-12,30H,2-3,8,13-14H2,1H3,(H,25,26,27,28);1H,2H2;/q;-1;. The molecule has 0 fully saturated rings. The largest absolute Gasteiger partial charge is 0.483 e. The molecule has 0 saturated heterocycles. The zero-order valence-corrected chi connectivity index (χ0v) is 25.5. The van der Waals surface area contributed by atoms with Crippen LogP contribution in [-0.4, -0.2) is 52.1 Å². The quantitative estimate of drug-likeness (QED) is 0.0913. The second-order valence-corrected chi connectivity index (χ2v) is 8.46. The van der Waals surface area contributed by atoms with Gasteiger partial charge in [-0.05, 0) is 34.9 Å². The SMILES string of the molecule is CCCCc1nc(Cl)c(CO)n1Cc1ccc(-c2ccccc2-c2nn[nH]n2)cc1.O=[N+]([O-])O[CH-]CO[N+](=O)[O-].[Y]. The van der Waals surface area contributed by atoms with Crippen LogP contribution in [0.1, 0.15) is 36.8 Å². The molecule has 0 spiro atoms. The third-order valence-corrected chi connectivity index (χ3v) is 5.84. The van der Waals surface area contributed by atoms with Crippen LogP contribution in [0.4, 0.5) is 0 Å². The Hall–Kier alpha value is -3.53. The van der Waals surface area contributed by atoms with Gasteiger partial charge >= 0.3 is 0 Å². The van der Waals surface area contributed by atoms with E-state index in [0.717, 1.165) is 47.3 Å². The van der Waals surface area contributed by atoms with Gasteiger partial charge in [0.05, 0.1) is 12.3 Å². The van der Waals surface area contributed by atoms with Crippen LogP contribution < -0.4 is 0 Å². The molecule has 0 aliphatic carbocycles. The fraction of sp³-hybridized carbons (Fsp3) is 0.292. The van der Waals surface area contributed by atoms with Gasteiger partial charge in [0, 0.05) is 51.2 Å². The predicted molar refractivity (Wildman–Crippen MR) is 141 cm³/mol. The third-order valence-electron chi connectivity index (χ3n) is 5.53. The number of aromatic nitrogens is 6. The van der Waals surface area contributed by atoms with Crippen LogP contribution in [0.15, 0.2) is 48.5 Å². The zero-order valence-electron chi connectivity index (χ0n) is 21.9. The summed E-state index contributed by atoms with van der Waals surface area (Å²) in [6.45, 7) is 2.62. The first kappa shape index (κ1) is 33.7. The zero-order chi connectivity index (χ0) is 28.9. The number of aliphatic hydroxyl groups excluding tert-OH is 1. The molecule has 2 heterocycles.